The molecule has 1 aromatic heterocycles. The molecule has 1 heterocycles. The number of aromatic nitrogens is 1. The minimum absolute atomic E-state index is 0.0199. The van der Waals surface area contributed by atoms with E-state index in [1.807, 2.05) is 44.2 Å². The zero-order chi connectivity index (χ0) is 17.7. The lowest BCUT2D eigenvalue weighted by Gasteiger charge is -2.14. The molecule has 0 spiro atoms. The predicted molar refractivity (Wildman–Crippen MR) is 88.9 cm³/mol. The van der Waals surface area contributed by atoms with Gasteiger partial charge in [0.1, 0.15) is 5.56 Å². The van der Waals surface area contributed by atoms with Crippen molar-refractivity contribution in [2.24, 2.45) is 5.92 Å². The maximum Gasteiger partial charge on any atom is 0.308 e. The van der Waals surface area contributed by atoms with Crippen LogP contribution in [0.25, 0.3) is 0 Å². The number of amides is 1. The number of rotatable bonds is 7. The molecule has 1 amide bonds. The van der Waals surface area contributed by atoms with Crippen molar-refractivity contribution in [3.63, 3.8) is 0 Å². The summed E-state index contributed by atoms with van der Waals surface area (Å²) in [5, 5.41) is 15.9. The Bertz CT molecular complexity index is 707. The third kappa shape index (κ3) is 4.22. The Morgan fingerprint density at radius 3 is 2.50 bits per heavy atom. The molecule has 0 fully saturated rings. The van der Waals surface area contributed by atoms with Crippen molar-refractivity contribution in [1.29, 1.82) is 0 Å². The van der Waals surface area contributed by atoms with Crippen molar-refractivity contribution in [2.75, 3.05) is 6.54 Å². The van der Waals surface area contributed by atoms with Crippen LogP contribution in [0.4, 0.5) is 0 Å². The zero-order valence-corrected chi connectivity index (χ0v) is 14.1. The number of hydrogen-bond acceptors (Lipinski definition) is 4. The molecular formula is C18H22N2O4. The Morgan fingerprint density at radius 2 is 1.92 bits per heavy atom. The molecule has 1 unspecified atom stereocenters. The summed E-state index contributed by atoms with van der Waals surface area (Å²) >= 11 is 0. The van der Waals surface area contributed by atoms with Gasteiger partial charge in [0.2, 0.25) is 0 Å². The van der Waals surface area contributed by atoms with Crippen molar-refractivity contribution in [3.05, 3.63) is 52.9 Å². The lowest BCUT2D eigenvalue weighted by atomic mass is 9.99. The first-order chi connectivity index (χ1) is 11.4. The first kappa shape index (κ1) is 17.7. The van der Waals surface area contributed by atoms with Gasteiger partial charge >= 0.3 is 5.97 Å². The number of nitrogens with zero attached hydrogens (tertiary/aromatic N) is 1. The average molecular weight is 330 g/mol. The lowest BCUT2D eigenvalue weighted by molar-refractivity contribution is -0.141. The second-order valence-electron chi connectivity index (χ2n) is 6.10. The number of nitrogens with one attached hydrogen (secondary N) is 1. The van der Waals surface area contributed by atoms with Crippen LogP contribution in [0, 0.1) is 12.8 Å². The van der Waals surface area contributed by atoms with E-state index in [0.717, 1.165) is 5.56 Å². The quantitative estimate of drug-likeness (QED) is 0.814. The summed E-state index contributed by atoms with van der Waals surface area (Å²) in [6, 6.07) is 9.35. The summed E-state index contributed by atoms with van der Waals surface area (Å²) < 4.78 is 5.20. The second-order valence-corrected chi connectivity index (χ2v) is 6.10. The van der Waals surface area contributed by atoms with Gasteiger partial charge in [-0.15, -0.1) is 0 Å². The second kappa shape index (κ2) is 7.77. The molecule has 6 heteroatoms. The molecule has 24 heavy (non-hydrogen) atoms. The summed E-state index contributed by atoms with van der Waals surface area (Å²) in [6.45, 7) is 5.56. The topological polar surface area (TPSA) is 92.4 Å². The third-order valence-electron chi connectivity index (χ3n) is 3.82. The molecule has 1 atom stereocenters. The van der Waals surface area contributed by atoms with E-state index in [9.17, 15) is 14.7 Å². The molecule has 2 rings (SSSR count). The fourth-order valence-electron chi connectivity index (χ4n) is 2.51. The van der Waals surface area contributed by atoms with Gasteiger partial charge in [-0.05, 0) is 18.9 Å². The third-order valence-corrected chi connectivity index (χ3v) is 3.82. The summed E-state index contributed by atoms with van der Waals surface area (Å²) in [4.78, 5) is 23.9. The monoisotopic (exact) mass is 330 g/mol. The summed E-state index contributed by atoms with van der Waals surface area (Å²) in [5.41, 5.74) is 1.82. The molecule has 6 nitrogen and oxygen atoms in total. The Morgan fingerprint density at radius 1 is 1.25 bits per heavy atom. The minimum atomic E-state index is -0.940. The molecule has 0 aliphatic heterocycles. The van der Waals surface area contributed by atoms with E-state index in [2.05, 4.69) is 10.5 Å². The number of carboxylic acids is 1. The van der Waals surface area contributed by atoms with Crippen molar-refractivity contribution in [3.8, 4) is 0 Å². The number of carboxylic acid groups (broad SMARTS) is 1. The van der Waals surface area contributed by atoms with Crippen LogP contribution in [0.15, 0.2) is 34.9 Å². The standard InChI is InChI=1S/C18H22N2O4/c1-11(2)16-15(12(3)20-24-16)17(21)19-10-14(18(22)23)9-13-7-5-4-6-8-13/h4-8,11,14H,9-10H2,1-3H3,(H,19,21)(H,22,23). The van der Waals surface area contributed by atoms with Crippen molar-refractivity contribution >= 4 is 11.9 Å². The van der Waals surface area contributed by atoms with Gasteiger partial charge in [-0.2, -0.15) is 0 Å². The number of aryl methyl sites for hydroxylation is 1. The number of benzene rings is 1. The molecule has 2 N–H and O–H groups in total. The average Bonchev–Trinajstić information content (AvgIpc) is 2.93. The molecular weight excluding hydrogens is 308 g/mol. The Hall–Kier alpha value is -2.63. The first-order valence-electron chi connectivity index (χ1n) is 7.91. The Labute approximate surface area is 140 Å². The molecule has 2 aromatic rings. The van der Waals surface area contributed by atoms with Crippen LogP contribution in [-0.2, 0) is 11.2 Å². The summed E-state index contributed by atoms with van der Waals surface area (Å²) in [7, 11) is 0. The van der Waals surface area contributed by atoms with Crippen LogP contribution in [0.1, 0.15) is 47.1 Å². The van der Waals surface area contributed by atoms with E-state index < -0.39 is 11.9 Å². The largest absolute Gasteiger partial charge is 0.481 e. The van der Waals surface area contributed by atoms with Gasteiger partial charge in [0.05, 0.1) is 11.6 Å². The molecule has 128 valence electrons. The fraction of sp³-hybridized carbons (Fsp3) is 0.389. The van der Waals surface area contributed by atoms with E-state index >= 15 is 0 Å². The van der Waals surface area contributed by atoms with Crippen LogP contribution in [0.5, 0.6) is 0 Å². The number of hydrogen-bond donors (Lipinski definition) is 2. The van der Waals surface area contributed by atoms with E-state index in [4.69, 9.17) is 4.52 Å². The smallest absolute Gasteiger partial charge is 0.308 e. The SMILES string of the molecule is Cc1noc(C(C)C)c1C(=O)NCC(Cc1ccccc1)C(=O)O. The van der Waals surface area contributed by atoms with Gasteiger partial charge in [0.25, 0.3) is 5.91 Å². The van der Waals surface area contributed by atoms with Gasteiger partial charge < -0.3 is 14.9 Å². The van der Waals surface area contributed by atoms with E-state index in [1.54, 1.807) is 6.92 Å². The van der Waals surface area contributed by atoms with Crippen molar-refractivity contribution < 1.29 is 19.2 Å². The highest BCUT2D eigenvalue weighted by Gasteiger charge is 2.24. The first-order valence-corrected chi connectivity index (χ1v) is 7.91. The zero-order valence-electron chi connectivity index (χ0n) is 14.1. The highest BCUT2D eigenvalue weighted by Crippen LogP contribution is 2.22. The Kier molecular flexibility index (Phi) is 5.73. The molecule has 0 aliphatic rings. The normalized spacial score (nSPS) is 12.2. The van der Waals surface area contributed by atoms with Gasteiger partial charge in [-0.3, -0.25) is 9.59 Å². The van der Waals surface area contributed by atoms with Crippen LogP contribution in [0.2, 0.25) is 0 Å². The van der Waals surface area contributed by atoms with Crippen LogP contribution >= 0.6 is 0 Å². The number of carbonyl (C=O) groups excluding carboxylic acids is 1. The molecule has 0 radical (unpaired) electrons. The minimum Gasteiger partial charge on any atom is -0.481 e. The molecule has 0 bridgehead atoms. The summed E-state index contributed by atoms with van der Waals surface area (Å²) in [6.07, 6.45) is 0.357. The van der Waals surface area contributed by atoms with Crippen molar-refractivity contribution in [1.82, 2.24) is 10.5 Å². The Balaban J connectivity index is 2.06. The van der Waals surface area contributed by atoms with E-state index in [0.29, 0.717) is 23.4 Å². The van der Waals surface area contributed by atoms with Crippen LogP contribution in [0.3, 0.4) is 0 Å². The lowest BCUT2D eigenvalue weighted by Crippen LogP contribution is -2.34. The number of carbonyl (C=O) groups is 2. The van der Waals surface area contributed by atoms with E-state index in [-0.39, 0.29) is 18.4 Å². The predicted octanol–water partition coefficient (Wildman–Crippen LogP) is 2.78. The van der Waals surface area contributed by atoms with Crippen LogP contribution < -0.4 is 5.32 Å². The summed E-state index contributed by atoms with van der Waals surface area (Å²) in [5.74, 6) is -1.45. The molecule has 0 saturated heterocycles. The highest BCUT2D eigenvalue weighted by molar-refractivity contribution is 5.96. The molecule has 1 aromatic carbocycles. The number of aliphatic carboxylic acids is 1. The van der Waals surface area contributed by atoms with Gasteiger partial charge in [0.15, 0.2) is 5.76 Å². The van der Waals surface area contributed by atoms with Gasteiger partial charge in [0, 0.05) is 12.5 Å². The van der Waals surface area contributed by atoms with Gasteiger partial charge in [-0.1, -0.05) is 49.3 Å². The molecule has 0 saturated carbocycles. The van der Waals surface area contributed by atoms with Crippen molar-refractivity contribution in [2.45, 2.75) is 33.1 Å². The highest BCUT2D eigenvalue weighted by atomic mass is 16.5. The maximum absolute atomic E-state index is 12.4. The maximum atomic E-state index is 12.4. The van der Waals surface area contributed by atoms with E-state index in [1.165, 1.54) is 0 Å². The fourth-order valence-corrected chi connectivity index (χ4v) is 2.51. The van der Waals surface area contributed by atoms with Gasteiger partial charge in [-0.25, -0.2) is 0 Å². The molecule has 0 aliphatic carbocycles. The van der Waals surface area contributed by atoms with Crippen LogP contribution in [-0.4, -0.2) is 28.7 Å².